The quantitative estimate of drug-likeness (QED) is 0.534. The number of ether oxygens (including phenoxy) is 2. The standard InChI is InChI=1S/C21H24N2O4S/c1-4-25-15-5-7-16(8-6-15)26-13-18-10-9-17(27-18)11-19-20(24)23(12-14(2)3)21(28)22-19/h5-11,14H,4,12-13H2,1-3H3,(H,22,28)/b19-11+. The van der Waals surface area contributed by atoms with E-state index in [-0.39, 0.29) is 12.5 Å². The van der Waals surface area contributed by atoms with Crippen LogP contribution in [0.1, 0.15) is 32.3 Å². The Morgan fingerprint density at radius 2 is 1.82 bits per heavy atom. The van der Waals surface area contributed by atoms with E-state index < -0.39 is 0 Å². The molecule has 0 atom stereocenters. The second kappa shape index (κ2) is 8.93. The predicted octanol–water partition coefficient (Wildman–Crippen LogP) is 3.97. The number of carbonyl (C=O) groups is 1. The monoisotopic (exact) mass is 400 g/mol. The molecule has 28 heavy (non-hydrogen) atoms. The molecule has 1 aliphatic heterocycles. The summed E-state index contributed by atoms with van der Waals surface area (Å²) in [7, 11) is 0. The van der Waals surface area contributed by atoms with Crippen LogP contribution in [0.2, 0.25) is 0 Å². The third-order valence-electron chi connectivity index (χ3n) is 3.99. The molecule has 0 saturated carbocycles. The summed E-state index contributed by atoms with van der Waals surface area (Å²) in [6.07, 6.45) is 1.66. The van der Waals surface area contributed by atoms with Crippen LogP contribution in [0.5, 0.6) is 11.5 Å². The normalized spacial score (nSPS) is 15.4. The zero-order valence-electron chi connectivity index (χ0n) is 16.2. The van der Waals surface area contributed by atoms with E-state index in [0.29, 0.717) is 41.4 Å². The Balaban J connectivity index is 1.60. The van der Waals surface area contributed by atoms with Crippen molar-refractivity contribution in [2.45, 2.75) is 27.4 Å². The predicted molar refractivity (Wildman–Crippen MR) is 111 cm³/mol. The van der Waals surface area contributed by atoms with Gasteiger partial charge in [-0.15, -0.1) is 0 Å². The Morgan fingerprint density at radius 1 is 1.14 bits per heavy atom. The molecule has 0 spiro atoms. The van der Waals surface area contributed by atoms with Crippen LogP contribution >= 0.6 is 12.2 Å². The van der Waals surface area contributed by atoms with Gasteiger partial charge in [0.05, 0.1) is 6.61 Å². The van der Waals surface area contributed by atoms with Crippen molar-refractivity contribution >= 4 is 29.3 Å². The van der Waals surface area contributed by atoms with Gasteiger partial charge in [-0.25, -0.2) is 0 Å². The first-order valence-electron chi connectivity index (χ1n) is 9.25. The van der Waals surface area contributed by atoms with Gasteiger partial charge >= 0.3 is 0 Å². The van der Waals surface area contributed by atoms with Gasteiger partial charge in [0.15, 0.2) is 5.11 Å². The fourth-order valence-corrected chi connectivity index (χ4v) is 3.02. The third kappa shape index (κ3) is 4.92. The van der Waals surface area contributed by atoms with Gasteiger partial charge < -0.3 is 19.2 Å². The van der Waals surface area contributed by atoms with Crippen LogP contribution in [0.4, 0.5) is 0 Å². The molecule has 0 bridgehead atoms. The molecular formula is C21H24N2O4S. The smallest absolute Gasteiger partial charge is 0.276 e. The second-order valence-electron chi connectivity index (χ2n) is 6.79. The Hall–Kier alpha value is -2.80. The fourth-order valence-electron chi connectivity index (χ4n) is 2.75. The summed E-state index contributed by atoms with van der Waals surface area (Å²) < 4.78 is 16.9. The highest BCUT2D eigenvalue weighted by molar-refractivity contribution is 7.80. The number of carbonyl (C=O) groups excluding carboxylic acids is 1. The lowest BCUT2D eigenvalue weighted by atomic mass is 10.2. The van der Waals surface area contributed by atoms with Crippen LogP contribution in [0.15, 0.2) is 46.5 Å². The van der Waals surface area contributed by atoms with E-state index in [9.17, 15) is 4.79 Å². The minimum atomic E-state index is -0.137. The lowest BCUT2D eigenvalue weighted by molar-refractivity contribution is -0.122. The lowest BCUT2D eigenvalue weighted by Gasteiger charge is -2.15. The second-order valence-corrected chi connectivity index (χ2v) is 7.18. The first-order chi connectivity index (χ1) is 13.5. The van der Waals surface area contributed by atoms with Crippen molar-refractivity contribution in [3.05, 3.63) is 53.6 Å². The van der Waals surface area contributed by atoms with Crippen LogP contribution in [-0.2, 0) is 11.4 Å². The summed E-state index contributed by atoms with van der Waals surface area (Å²) in [5, 5.41) is 3.38. The molecule has 1 N–H and O–H groups in total. The van der Waals surface area contributed by atoms with Crippen molar-refractivity contribution < 1.29 is 18.7 Å². The molecule has 1 amide bonds. The van der Waals surface area contributed by atoms with Crippen molar-refractivity contribution in [3.8, 4) is 11.5 Å². The van der Waals surface area contributed by atoms with Gasteiger partial charge in [0, 0.05) is 12.6 Å². The van der Waals surface area contributed by atoms with E-state index in [2.05, 4.69) is 5.32 Å². The number of amides is 1. The largest absolute Gasteiger partial charge is 0.494 e. The van der Waals surface area contributed by atoms with Crippen molar-refractivity contribution in [2.75, 3.05) is 13.2 Å². The average Bonchev–Trinajstić information content (AvgIpc) is 3.21. The highest BCUT2D eigenvalue weighted by Crippen LogP contribution is 2.21. The topological polar surface area (TPSA) is 63.9 Å². The summed E-state index contributed by atoms with van der Waals surface area (Å²) in [5.74, 6) is 2.95. The molecule has 0 radical (unpaired) electrons. The Labute approximate surface area is 170 Å². The molecule has 1 aromatic carbocycles. The Kier molecular flexibility index (Phi) is 6.36. The lowest BCUT2D eigenvalue weighted by Crippen LogP contribution is -2.33. The first-order valence-corrected chi connectivity index (χ1v) is 9.66. The van der Waals surface area contributed by atoms with Crippen LogP contribution in [0, 0.1) is 5.92 Å². The molecule has 0 aliphatic carbocycles. The van der Waals surface area contributed by atoms with Crippen LogP contribution in [0.25, 0.3) is 6.08 Å². The van der Waals surface area contributed by atoms with Gasteiger partial charge in [0.25, 0.3) is 5.91 Å². The van der Waals surface area contributed by atoms with Gasteiger partial charge in [-0.1, -0.05) is 13.8 Å². The molecule has 1 saturated heterocycles. The molecule has 1 aromatic heterocycles. The van der Waals surface area contributed by atoms with Crippen molar-refractivity contribution in [2.24, 2.45) is 5.92 Å². The van der Waals surface area contributed by atoms with Crippen LogP contribution < -0.4 is 14.8 Å². The summed E-state index contributed by atoms with van der Waals surface area (Å²) in [5.41, 5.74) is 0.416. The Morgan fingerprint density at radius 3 is 2.46 bits per heavy atom. The minimum Gasteiger partial charge on any atom is -0.494 e. The van der Waals surface area contributed by atoms with Crippen LogP contribution in [0.3, 0.4) is 0 Å². The number of hydrogen-bond donors (Lipinski definition) is 1. The SMILES string of the molecule is CCOc1ccc(OCc2ccc(/C=C3/NC(=S)N(CC(C)C)C3=O)o2)cc1. The van der Waals surface area contributed by atoms with E-state index in [1.54, 1.807) is 17.0 Å². The molecule has 1 aliphatic rings. The molecule has 6 nitrogen and oxygen atoms in total. The number of hydrogen-bond acceptors (Lipinski definition) is 5. The number of benzene rings is 1. The Bertz CT molecular complexity index is 871. The highest BCUT2D eigenvalue weighted by Gasteiger charge is 2.31. The highest BCUT2D eigenvalue weighted by atomic mass is 32.1. The molecule has 7 heteroatoms. The van der Waals surface area contributed by atoms with Gasteiger partial charge in [-0.3, -0.25) is 9.69 Å². The zero-order valence-corrected chi connectivity index (χ0v) is 17.0. The minimum absolute atomic E-state index is 0.137. The van der Waals surface area contributed by atoms with E-state index >= 15 is 0 Å². The number of nitrogens with one attached hydrogen (secondary N) is 1. The van der Waals surface area contributed by atoms with Crippen molar-refractivity contribution in [1.29, 1.82) is 0 Å². The molecule has 1 fully saturated rings. The molecule has 2 aromatic rings. The molecule has 2 heterocycles. The number of furan rings is 1. The summed E-state index contributed by atoms with van der Waals surface area (Å²) >= 11 is 5.25. The summed E-state index contributed by atoms with van der Waals surface area (Å²) in [6.45, 7) is 7.53. The maximum atomic E-state index is 12.5. The van der Waals surface area contributed by atoms with Gasteiger partial charge in [0.2, 0.25) is 0 Å². The van der Waals surface area contributed by atoms with Gasteiger partial charge in [-0.05, 0) is 61.5 Å². The number of thiocarbonyl (C=S) groups is 1. The first kappa shape index (κ1) is 19.9. The van der Waals surface area contributed by atoms with Gasteiger partial charge in [0.1, 0.15) is 35.3 Å². The average molecular weight is 401 g/mol. The van der Waals surface area contributed by atoms with E-state index in [1.807, 2.05) is 51.1 Å². The van der Waals surface area contributed by atoms with Crippen LogP contribution in [-0.4, -0.2) is 29.1 Å². The van der Waals surface area contributed by atoms with Gasteiger partial charge in [-0.2, -0.15) is 0 Å². The summed E-state index contributed by atoms with van der Waals surface area (Å²) in [4.78, 5) is 14.1. The summed E-state index contributed by atoms with van der Waals surface area (Å²) in [6, 6.07) is 11.0. The molecule has 0 unspecified atom stereocenters. The van der Waals surface area contributed by atoms with E-state index in [0.717, 1.165) is 11.5 Å². The van der Waals surface area contributed by atoms with Crippen molar-refractivity contribution in [3.63, 3.8) is 0 Å². The zero-order chi connectivity index (χ0) is 20.1. The van der Waals surface area contributed by atoms with E-state index in [1.165, 1.54) is 0 Å². The van der Waals surface area contributed by atoms with E-state index in [4.69, 9.17) is 26.1 Å². The molecular weight excluding hydrogens is 376 g/mol. The fraction of sp³-hybridized carbons (Fsp3) is 0.333. The van der Waals surface area contributed by atoms with Crippen molar-refractivity contribution in [1.82, 2.24) is 10.2 Å². The number of nitrogens with zero attached hydrogens (tertiary/aromatic N) is 1. The maximum Gasteiger partial charge on any atom is 0.276 e. The third-order valence-corrected chi connectivity index (χ3v) is 4.32. The molecule has 148 valence electrons. The number of rotatable bonds is 8. The maximum absolute atomic E-state index is 12.5. The molecule has 3 rings (SSSR count).